The lowest BCUT2D eigenvalue weighted by Crippen LogP contribution is -2.26. The molecule has 0 radical (unpaired) electrons. The lowest BCUT2D eigenvalue weighted by atomic mass is 9.98. The third kappa shape index (κ3) is 4.79. The molecule has 0 atom stereocenters. The summed E-state index contributed by atoms with van der Waals surface area (Å²) in [7, 11) is 0. The van der Waals surface area contributed by atoms with Crippen molar-refractivity contribution >= 4 is 0 Å². The summed E-state index contributed by atoms with van der Waals surface area (Å²) in [6.07, 6.45) is -2.19. The summed E-state index contributed by atoms with van der Waals surface area (Å²) in [4.78, 5) is 4.20. The molecule has 0 aliphatic carbocycles. The predicted octanol–water partition coefficient (Wildman–Crippen LogP) is 1.66. The van der Waals surface area contributed by atoms with Gasteiger partial charge in [0, 0.05) is 12.3 Å². The van der Waals surface area contributed by atoms with Crippen LogP contribution in [0.15, 0.2) is 4.52 Å². The number of ether oxygens (including phenoxy) is 1. The molecule has 1 aliphatic rings. The molecule has 2 heterocycles. The summed E-state index contributed by atoms with van der Waals surface area (Å²) in [5.74, 6) is 1.22. The van der Waals surface area contributed by atoms with Gasteiger partial charge in [-0.2, -0.15) is 18.2 Å². The van der Waals surface area contributed by atoms with Gasteiger partial charge in [0.15, 0.2) is 5.82 Å². The number of nitrogens with zero attached hydrogens (tertiary/aromatic N) is 2. The van der Waals surface area contributed by atoms with Crippen LogP contribution in [0, 0.1) is 0 Å². The van der Waals surface area contributed by atoms with Gasteiger partial charge in [0.25, 0.3) is 0 Å². The molecule has 5 nitrogen and oxygen atoms in total. The molecule has 1 fully saturated rings. The van der Waals surface area contributed by atoms with Crippen molar-refractivity contribution in [3.8, 4) is 0 Å². The summed E-state index contributed by atoms with van der Waals surface area (Å²) in [6, 6.07) is 0. The second-order valence-corrected chi connectivity index (χ2v) is 4.49. The van der Waals surface area contributed by atoms with Gasteiger partial charge in [0.05, 0.1) is 6.61 Å². The summed E-state index contributed by atoms with van der Waals surface area (Å²) in [5, 5.41) is 6.99. The van der Waals surface area contributed by atoms with Crippen LogP contribution in [0.1, 0.15) is 30.5 Å². The van der Waals surface area contributed by atoms with Crippen LogP contribution in [0.25, 0.3) is 0 Å². The third-order valence-corrected chi connectivity index (χ3v) is 2.91. The van der Waals surface area contributed by atoms with E-state index >= 15 is 0 Å². The van der Waals surface area contributed by atoms with E-state index in [1.807, 2.05) is 0 Å². The standard InChI is InChI=1S/C11H16F3N3O2/c12-11(13,14)7-18-6-3-9-16-10(19-17-9)8-1-4-15-5-2-8/h8,15H,1-7H2. The van der Waals surface area contributed by atoms with Gasteiger partial charge in [-0.1, -0.05) is 5.16 Å². The third-order valence-electron chi connectivity index (χ3n) is 2.91. The molecule has 0 amide bonds. The number of piperidine rings is 1. The van der Waals surface area contributed by atoms with Gasteiger partial charge in [-0.05, 0) is 25.9 Å². The highest BCUT2D eigenvalue weighted by atomic mass is 19.4. The molecule has 1 N–H and O–H groups in total. The Balaban J connectivity index is 1.74. The molecular formula is C11H16F3N3O2. The monoisotopic (exact) mass is 279 g/mol. The van der Waals surface area contributed by atoms with E-state index in [0.717, 1.165) is 25.9 Å². The molecular weight excluding hydrogens is 263 g/mol. The second kappa shape index (κ2) is 6.33. The lowest BCUT2D eigenvalue weighted by Gasteiger charge is -2.18. The molecule has 2 rings (SSSR count). The van der Waals surface area contributed by atoms with Crippen LogP contribution in [0.4, 0.5) is 13.2 Å². The van der Waals surface area contributed by atoms with Crippen LogP contribution in [-0.4, -0.2) is 42.6 Å². The molecule has 1 aromatic rings. The highest BCUT2D eigenvalue weighted by Gasteiger charge is 2.27. The number of hydrogen-bond acceptors (Lipinski definition) is 5. The Morgan fingerprint density at radius 3 is 2.74 bits per heavy atom. The normalized spacial score (nSPS) is 17.8. The zero-order valence-electron chi connectivity index (χ0n) is 10.4. The SMILES string of the molecule is FC(F)(F)COCCc1noc(C2CCNCC2)n1. The van der Waals surface area contributed by atoms with E-state index in [2.05, 4.69) is 20.2 Å². The Hall–Kier alpha value is -1.15. The average molecular weight is 279 g/mol. The maximum Gasteiger partial charge on any atom is 0.411 e. The number of rotatable bonds is 5. The highest BCUT2D eigenvalue weighted by molar-refractivity contribution is 4.96. The quantitative estimate of drug-likeness (QED) is 0.831. The van der Waals surface area contributed by atoms with E-state index in [9.17, 15) is 13.2 Å². The summed E-state index contributed by atoms with van der Waals surface area (Å²) in [6.45, 7) is 0.519. The Morgan fingerprint density at radius 2 is 2.05 bits per heavy atom. The Labute approximate surface area is 108 Å². The van der Waals surface area contributed by atoms with Crippen molar-refractivity contribution in [1.29, 1.82) is 0 Å². The van der Waals surface area contributed by atoms with Crippen molar-refractivity contribution in [2.45, 2.75) is 31.4 Å². The lowest BCUT2D eigenvalue weighted by molar-refractivity contribution is -0.173. The number of halogens is 3. The Bertz CT molecular complexity index is 389. The van der Waals surface area contributed by atoms with Crippen LogP contribution in [-0.2, 0) is 11.2 Å². The van der Waals surface area contributed by atoms with E-state index in [-0.39, 0.29) is 18.9 Å². The molecule has 1 aromatic heterocycles. The van der Waals surface area contributed by atoms with Crippen LogP contribution < -0.4 is 5.32 Å². The van der Waals surface area contributed by atoms with Gasteiger partial charge < -0.3 is 14.6 Å². The van der Waals surface area contributed by atoms with E-state index in [4.69, 9.17) is 4.52 Å². The van der Waals surface area contributed by atoms with Crippen LogP contribution in [0.2, 0.25) is 0 Å². The summed E-state index contributed by atoms with van der Waals surface area (Å²) in [5.41, 5.74) is 0. The average Bonchev–Trinajstić information content (AvgIpc) is 2.83. The molecule has 0 aromatic carbocycles. The molecule has 0 spiro atoms. The molecule has 8 heteroatoms. The van der Waals surface area contributed by atoms with Crippen LogP contribution >= 0.6 is 0 Å². The first-order chi connectivity index (χ1) is 9.04. The number of alkyl halides is 3. The van der Waals surface area contributed by atoms with Gasteiger partial charge in [0.1, 0.15) is 6.61 Å². The van der Waals surface area contributed by atoms with E-state index in [1.54, 1.807) is 0 Å². The Morgan fingerprint density at radius 1 is 1.32 bits per heavy atom. The fourth-order valence-corrected chi connectivity index (χ4v) is 1.96. The zero-order valence-corrected chi connectivity index (χ0v) is 10.4. The zero-order chi connectivity index (χ0) is 13.7. The molecule has 1 saturated heterocycles. The first-order valence-corrected chi connectivity index (χ1v) is 6.22. The van der Waals surface area contributed by atoms with Crippen LogP contribution in [0.3, 0.4) is 0 Å². The maximum atomic E-state index is 11.8. The molecule has 1 aliphatic heterocycles. The highest BCUT2D eigenvalue weighted by Crippen LogP contribution is 2.23. The van der Waals surface area contributed by atoms with Crippen LogP contribution in [0.5, 0.6) is 0 Å². The maximum absolute atomic E-state index is 11.8. The topological polar surface area (TPSA) is 60.2 Å². The van der Waals surface area contributed by atoms with E-state index in [0.29, 0.717) is 11.7 Å². The van der Waals surface area contributed by atoms with Gasteiger partial charge in [0.2, 0.25) is 5.89 Å². The van der Waals surface area contributed by atoms with Gasteiger partial charge in [-0.3, -0.25) is 0 Å². The minimum Gasteiger partial charge on any atom is -0.372 e. The molecule has 19 heavy (non-hydrogen) atoms. The van der Waals surface area contributed by atoms with Crippen molar-refractivity contribution in [2.75, 3.05) is 26.3 Å². The van der Waals surface area contributed by atoms with E-state index in [1.165, 1.54) is 0 Å². The smallest absolute Gasteiger partial charge is 0.372 e. The number of aromatic nitrogens is 2. The first kappa shape index (κ1) is 14.3. The van der Waals surface area contributed by atoms with Gasteiger partial charge >= 0.3 is 6.18 Å². The summed E-state index contributed by atoms with van der Waals surface area (Å²) < 4.78 is 45.2. The molecule has 0 unspecified atom stereocenters. The predicted molar refractivity (Wildman–Crippen MR) is 59.7 cm³/mol. The first-order valence-electron chi connectivity index (χ1n) is 6.22. The van der Waals surface area contributed by atoms with Crippen molar-refractivity contribution in [3.63, 3.8) is 0 Å². The van der Waals surface area contributed by atoms with E-state index < -0.39 is 12.8 Å². The number of nitrogens with one attached hydrogen (secondary N) is 1. The fourth-order valence-electron chi connectivity index (χ4n) is 1.96. The van der Waals surface area contributed by atoms with Gasteiger partial charge in [-0.15, -0.1) is 0 Å². The molecule has 108 valence electrons. The largest absolute Gasteiger partial charge is 0.411 e. The minimum absolute atomic E-state index is 0.0648. The molecule has 0 saturated carbocycles. The second-order valence-electron chi connectivity index (χ2n) is 4.49. The number of hydrogen-bond donors (Lipinski definition) is 1. The molecule has 0 bridgehead atoms. The van der Waals surface area contributed by atoms with Gasteiger partial charge in [-0.25, -0.2) is 0 Å². The van der Waals surface area contributed by atoms with Crippen molar-refractivity contribution in [2.24, 2.45) is 0 Å². The minimum atomic E-state index is -4.29. The fraction of sp³-hybridized carbons (Fsp3) is 0.818. The van der Waals surface area contributed by atoms with Crippen molar-refractivity contribution in [3.05, 3.63) is 11.7 Å². The summed E-state index contributed by atoms with van der Waals surface area (Å²) >= 11 is 0. The van der Waals surface area contributed by atoms with Crippen molar-refractivity contribution < 1.29 is 22.4 Å². The van der Waals surface area contributed by atoms with Crippen molar-refractivity contribution in [1.82, 2.24) is 15.5 Å². The Kier molecular flexibility index (Phi) is 4.76.